The van der Waals surface area contributed by atoms with E-state index < -0.39 is 11.4 Å². The molecular weight excluding hydrogens is 206 g/mol. The van der Waals surface area contributed by atoms with Gasteiger partial charge in [0.25, 0.3) is 0 Å². The van der Waals surface area contributed by atoms with Gasteiger partial charge in [0.1, 0.15) is 0 Å². The number of nitrogens with zero attached hydrogens (tertiary/aromatic N) is 1. The van der Waals surface area contributed by atoms with E-state index in [-0.39, 0.29) is 18.4 Å². The van der Waals surface area contributed by atoms with Crippen molar-refractivity contribution in [3.05, 3.63) is 0 Å². The zero-order valence-electron chi connectivity index (χ0n) is 10.9. The van der Waals surface area contributed by atoms with Gasteiger partial charge in [0.2, 0.25) is 5.91 Å². The lowest BCUT2D eigenvalue weighted by Crippen LogP contribution is -2.44. The first kappa shape index (κ1) is 14.9. The van der Waals surface area contributed by atoms with Crippen molar-refractivity contribution < 1.29 is 14.7 Å². The first-order valence-electron chi connectivity index (χ1n) is 5.69. The van der Waals surface area contributed by atoms with Gasteiger partial charge in [-0.3, -0.25) is 9.59 Å². The molecule has 0 aromatic rings. The number of carboxylic acids is 1. The van der Waals surface area contributed by atoms with E-state index >= 15 is 0 Å². The Labute approximate surface area is 97.6 Å². The Balaban J connectivity index is 4.40. The molecule has 0 aromatic heterocycles. The Hall–Kier alpha value is -1.06. The summed E-state index contributed by atoms with van der Waals surface area (Å²) < 4.78 is 0. The zero-order chi connectivity index (χ0) is 12.9. The largest absolute Gasteiger partial charge is 0.481 e. The highest BCUT2D eigenvalue weighted by molar-refractivity contribution is 5.81. The average Bonchev–Trinajstić information content (AvgIpc) is 2.08. The molecule has 0 heterocycles. The van der Waals surface area contributed by atoms with Gasteiger partial charge in [-0.15, -0.1) is 0 Å². The topological polar surface area (TPSA) is 57.6 Å². The second-order valence-electron chi connectivity index (χ2n) is 5.34. The summed E-state index contributed by atoms with van der Waals surface area (Å²) >= 11 is 0. The molecule has 0 saturated heterocycles. The van der Waals surface area contributed by atoms with Gasteiger partial charge < -0.3 is 10.0 Å². The van der Waals surface area contributed by atoms with Crippen molar-refractivity contribution in [2.24, 2.45) is 5.41 Å². The SMILES string of the molecule is CC(C)N(CCCC(=O)O)C(=O)C(C)(C)C. The standard InChI is InChI=1S/C12H23NO3/c1-9(2)13(8-6-7-10(14)15)11(16)12(3,4)5/h9H,6-8H2,1-5H3,(H,14,15). The minimum Gasteiger partial charge on any atom is -0.481 e. The summed E-state index contributed by atoms with van der Waals surface area (Å²) in [6, 6.07) is 0.112. The maximum atomic E-state index is 12.1. The van der Waals surface area contributed by atoms with Crippen LogP contribution >= 0.6 is 0 Å². The third kappa shape index (κ3) is 5.14. The molecular formula is C12H23NO3. The molecule has 4 heteroatoms. The van der Waals surface area contributed by atoms with Crippen LogP contribution < -0.4 is 0 Å². The van der Waals surface area contributed by atoms with E-state index in [2.05, 4.69) is 0 Å². The number of hydrogen-bond donors (Lipinski definition) is 1. The zero-order valence-corrected chi connectivity index (χ0v) is 10.9. The van der Waals surface area contributed by atoms with Gasteiger partial charge in [-0.2, -0.15) is 0 Å². The number of aliphatic carboxylic acids is 1. The second kappa shape index (κ2) is 5.87. The van der Waals surface area contributed by atoms with E-state index in [4.69, 9.17) is 5.11 Å². The van der Waals surface area contributed by atoms with E-state index in [9.17, 15) is 9.59 Å². The Bertz CT molecular complexity index is 253. The highest BCUT2D eigenvalue weighted by Gasteiger charge is 2.28. The normalized spacial score (nSPS) is 11.6. The molecule has 0 saturated carbocycles. The Morgan fingerprint density at radius 3 is 2.06 bits per heavy atom. The van der Waals surface area contributed by atoms with Crippen LogP contribution in [0.1, 0.15) is 47.5 Å². The number of carboxylic acid groups (broad SMARTS) is 1. The van der Waals surface area contributed by atoms with Crippen molar-refractivity contribution in [1.82, 2.24) is 4.90 Å². The molecule has 0 unspecified atom stereocenters. The Morgan fingerprint density at radius 2 is 1.75 bits per heavy atom. The van der Waals surface area contributed by atoms with E-state index in [0.717, 1.165) is 0 Å². The fraction of sp³-hybridized carbons (Fsp3) is 0.833. The van der Waals surface area contributed by atoms with Gasteiger partial charge in [0.05, 0.1) is 0 Å². The lowest BCUT2D eigenvalue weighted by molar-refractivity contribution is -0.142. The Morgan fingerprint density at radius 1 is 1.25 bits per heavy atom. The fourth-order valence-electron chi connectivity index (χ4n) is 1.43. The van der Waals surface area contributed by atoms with E-state index in [0.29, 0.717) is 13.0 Å². The number of carbonyl (C=O) groups is 2. The summed E-state index contributed by atoms with van der Waals surface area (Å²) in [6.07, 6.45) is 0.621. The first-order chi connectivity index (χ1) is 7.16. The fourth-order valence-corrected chi connectivity index (χ4v) is 1.43. The molecule has 1 N–H and O–H groups in total. The molecule has 0 atom stereocenters. The predicted octanol–water partition coefficient (Wildman–Crippen LogP) is 2.13. The van der Waals surface area contributed by atoms with Gasteiger partial charge >= 0.3 is 5.97 Å². The average molecular weight is 229 g/mol. The van der Waals surface area contributed by atoms with Crippen LogP contribution in [-0.2, 0) is 9.59 Å². The smallest absolute Gasteiger partial charge is 0.303 e. The van der Waals surface area contributed by atoms with Gasteiger partial charge in [-0.1, -0.05) is 20.8 Å². The monoisotopic (exact) mass is 229 g/mol. The molecule has 16 heavy (non-hydrogen) atoms. The molecule has 1 amide bonds. The van der Waals surface area contributed by atoms with Crippen LogP contribution in [0.15, 0.2) is 0 Å². The lowest BCUT2D eigenvalue weighted by atomic mass is 9.94. The van der Waals surface area contributed by atoms with Gasteiger partial charge in [-0.25, -0.2) is 0 Å². The van der Waals surface area contributed by atoms with Crippen LogP contribution in [0.3, 0.4) is 0 Å². The van der Waals surface area contributed by atoms with Gasteiger partial charge in [0, 0.05) is 24.4 Å². The van der Waals surface area contributed by atoms with Crippen molar-refractivity contribution in [1.29, 1.82) is 0 Å². The highest BCUT2D eigenvalue weighted by atomic mass is 16.4. The summed E-state index contributed by atoms with van der Waals surface area (Å²) in [5.41, 5.74) is -0.409. The van der Waals surface area contributed by atoms with Crippen molar-refractivity contribution in [2.45, 2.75) is 53.5 Å². The summed E-state index contributed by atoms with van der Waals surface area (Å²) in [5.74, 6) is -0.736. The highest BCUT2D eigenvalue weighted by Crippen LogP contribution is 2.19. The third-order valence-electron chi connectivity index (χ3n) is 2.32. The van der Waals surface area contributed by atoms with Gasteiger partial charge in [0.15, 0.2) is 0 Å². The molecule has 94 valence electrons. The Kier molecular flexibility index (Phi) is 5.48. The van der Waals surface area contributed by atoms with Crippen molar-refractivity contribution >= 4 is 11.9 Å². The van der Waals surface area contributed by atoms with E-state index in [1.807, 2.05) is 34.6 Å². The number of hydrogen-bond acceptors (Lipinski definition) is 2. The van der Waals surface area contributed by atoms with Crippen LogP contribution in [0, 0.1) is 5.41 Å². The molecule has 0 aliphatic heterocycles. The maximum absolute atomic E-state index is 12.1. The van der Waals surface area contributed by atoms with Gasteiger partial charge in [-0.05, 0) is 20.3 Å². The molecule has 0 fully saturated rings. The van der Waals surface area contributed by atoms with Crippen LogP contribution in [-0.4, -0.2) is 34.5 Å². The molecule has 0 radical (unpaired) electrons. The number of rotatable bonds is 5. The molecule has 0 aliphatic rings. The third-order valence-corrected chi connectivity index (χ3v) is 2.32. The molecule has 0 spiro atoms. The van der Waals surface area contributed by atoms with Crippen LogP contribution in [0.5, 0.6) is 0 Å². The predicted molar refractivity (Wildman–Crippen MR) is 63.2 cm³/mol. The second-order valence-corrected chi connectivity index (χ2v) is 5.34. The summed E-state index contributed by atoms with van der Waals surface area (Å²) in [5, 5.41) is 8.56. The summed E-state index contributed by atoms with van der Waals surface area (Å²) in [6.45, 7) is 10.0. The van der Waals surface area contributed by atoms with Crippen LogP contribution in [0.25, 0.3) is 0 Å². The quantitative estimate of drug-likeness (QED) is 0.785. The molecule has 0 aromatic carbocycles. The van der Waals surface area contributed by atoms with Crippen LogP contribution in [0.2, 0.25) is 0 Å². The summed E-state index contributed by atoms with van der Waals surface area (Å²) in [4.78, 5) is 24.2. The number of carbonyl (C=O) groups excluding carboxylic acids is 1. The first-order valence-corrected chi connectivity index (χ1v) is 5.69. The lowest BCUT2D eigenvalue weighted by Gasteiger charge is -2.32. The molecule has 0 rings (SSSR count). The van der Waals surface area contributed by atoms with Crippen LogP contribution in [0.4, 0.5) is 0 Å². The maximum Gasteiger partial charge on any atom is 0.303 e. The minimum atomic E-state index is -0.813. The number of amides is 1. The van der Waals surface area contributed by atoms with Crippen molar-refractivity contribution in [2.75, 3.05) is 6.54 Å². The molecule has 0 bridgehead atoms. The molecule has 0 aliphatic carbocycles. The summed E-state index contributed by atoms with van der Waals surface area (Å²) in [7, 11) is 0. The van der Waals surface area contributed by atoms with E-state index in [1.54, 1.807) is 4.90 Å². The van der Waals surface area contributed by atoms with Crippen molar-refractivity contribution in [3.63, 3.8) is 0 Å². The molecule has 4 nitrogen and oxygen atoms in total. The van der Waals surface area contributed by atoms with Crippen molar-refractivity contribution in [3.8, 4) is 0 Å². The minimum absolute atomic E-state index is 0.0767. The van der Waals surface area contributed by atoms with E-state index in [1.165, 1.54) is 0 Å².